The molecular weight excluding hydrogens is 282 g/mol. The fourth-order valence-electron chi connectivity index (χ4n) is 2.04. The number of aromatic nitrogens is 2. The standard InChI is InChI=1S/C12H16BrN3O/c1-4-16-12(10(13)6-15-16)11(14)9-5-7(2)17-8(9)3/h5-6,11H,4,14H2,1-3H3. The summed E-state index contributed by atoms with van der Waals surface area (Å²) in [6.45, 7) is 6.70. The molecule has 0 amide bonds. The van der Waals surface area contributed by atoms with E-state index in [2.05, 4.69) is 21.0 Å². The van der Waals surface area contributed by atoms with Crippen LogP contribution in [-0.4, -0.2) is 9.78 Å². The second kappa shape index (κ2) is 4.66. The molecule has 0 spiro atoms. The second-order valence-electron chi connectivity index (χ2n) is 4.04. The third-order valence-corrected chi connectivity index (χ3v) is 3.45. The van der Waals surface area contributed by atoms with Crippen molar-refractivity contribution >= 4 is 15.9 Å². The van der Waals surface area contributed by atoms with Crippen LogP contribution >= 0.6 is 15.9 Å². The number of rotatable bonds is 3. The van der Waals surface area contributed by atoms with Crippen molar-refractivity contribution in [2.75, 3.05) is 0 Å². The molecule has 2 aromatic rings. The van der Waals surface area contributed by atoms with E-state index in [0.29, 0.717) is 0 Å². The zero-order valence-corrected chi connectivity index (χ0v) is 11.8. The summed E-state index contributed by atoms with van der Waals surface area (Å²) in [4.78, 5) is 0. The van der Waals surface area contributed by atoms with Gasteiger partial charge in [0.25, 0.3) is 0 Å². The van der Waals surface area contributed by atoms with Gasteiger partial charge in [0, 0.05) is 12.1 Å². The van der Waals surface area contributed by atoms with E-state index in [-0.39, 0.29) is 6.04 Å². The van der Waals surface area contributed by atoms with Gasteiger partial charge in [-0.25, -0.2) is 0 Å². The van der Waals surface area contributed by atoms with Crippen LogP contribution in [-0.2, 0) is 6.54 Å². The molecule has 0 aromatic carbocycles. The van der Waals surface area contributed by atoms with Crippen LogP contribution in [0.15, 0.2) is 21.2 Å². The van der Waals surface area contributed by atoms with Crippen molar-refractivity contribution in [1.82, 2.24) is 9.78 Å². The lowest BCUT2D eigenvalue weighted by atomic mass is 10.1. The van der Waals surface area contributed by atoms with Crippen LogP contribution < -0.4 is 5.73 Å². The zero-order valence-electron chi connectivity index (χ0n) is 10.2. The van der Waals surface area contributed by atoms with Gasteiger partial charge >= 0.3 is 0 Å². The zero-order chi connectivity index (χ0) is 12.6. The van der Waals surface area contributed by atoms with Gasteiger partial charge in [-0.05, 0) is 42.8 Å². The fourth-order valence-corrected chi connectivity index (χ4v) is 2.58. The molecule has 0 radical (unpaired) electrons. The Balaban J connectivity index is 2.46. The third-order valence-electron chi connectivity index (χ3n) is 2.84. The maximum atomic E-state index is 6.30. The van der Waals surface area contributed by atoms with Crippen molar-refractivity contribution in [2.45, 2.75) is 33.4 Å². The van der Waals surface area contributed by atoms with Crippen LogP contribution in [0.4, 0.5) is 0 Å². The van der Waals surface area contributed by atoms with Crippen LogP contribution in [0.1, 0.15) is 35.7 Å². The van der Waals surface area contributed by atoms with E-state index >= 15 is 0 Å². The minimum absolute atomic E-state index is 0.218. The highest BCUT2D eigenvalue weighted by molar-refractivity contribution is 9.10. The van der Waals surface area contributed by atoms with E-state index < -0.39 is 0 Å². The Kier molecular flexibility index (Phi) is 3.40. The molecule has 0 fully saturated rings. The Hall–Kier alpha value is -1.07. The summed E-state index contributed by atoms with van der Waals surface area (Å²) in [5.41, 5.74) is 8.30. The number of nitrogens with two attached hydrogens (primary N) is 1. The van der Waals surface area contributed by atoms with Crippen LogP contribution in [0.5, 0.6) is 0 Å². The molecule has 0 saturated heterocycles. The van der Waals surface area contributed by atoms with Crippen molar-refractivity contribution in [1.29, 1.82) is 0 Å². The van der Waals surface area contributed by atoms with Gasteiger partial charge in [-0.1, -0.05) is 0 Å². The lowest BCUT2D eigenvalue weighted by Gasteiger charge is -2.13. The molecule has 5 heteroatoms. The molecule has 2 aromatic heterocycles. The normalized spacial score (nSPS) is 13.0. The Morgan fingerprint density at radius 2 is 2.24 bits per heavy atom. The van der Waals surface area contributed by atoms with Gasteiger partial charge in [-0.15, -0.1) is 0 Å². The first-order valence-corrected chi connectivity index (χ1v) is 6.37. The lowest BCUT2D eigenvalue weighted by Crippen LogP contribution is -2.17. The highest BCUT2D eigenvalue weighted by Crippen LogP contribution is 2.30. The summed E-state index contributed by atoms with van der Waals surface area (Å²) in [6, 6.07) is 1.77. The van der Waals surface area contributed by atoms with Gasteiger partial charge in [-0.3, -0.25) is 4.68 Å². The summed E-state index contributed by atoms with van der Waals surface area (Å²) >= 11 is 3.49. The number of hydrogen-bond acceptors (Lipinski definition) is 3. The number of hydrogen-bond donors (Lipinski definition) is 1. The third kappa shape index (κ3) is 2.17. The van der Waals surface area contributed by atoms with Gasteiger partial charge in [0.05, 0.1) is 22.4 Å². The summed E-state index contributed by atoms with van der Waals surface area (Å²) in [5, 5.41) is 4.28. The van der Waals surface area contributed by atoms with Gasteiger partial charge in [0.2, 0.25) is 0 Å². The first-order chi connectivity index (χ1) is 8.04. The highest BCUT2D eigenvalue weighted by Gasteiger charge is 2.21. The summed E-state index contributed by atoms with van der Waals surface area (Å²) in [5.74, 6) is 1.75. The maximum absolute atomic E-state index is 6.30. The Morgan fingerprint density at radius 3 is 2.76 bits per heavy atom. The minimum atomic E-state index is -0.218. The highest BCUT2D eigenvalue weighted by atomic mass is 79.9. The molecule has 92 valence electrons. The predicted molar refractivity (Wildman–Crippen MR) is 69.8 cm³/mol. The van der Waals surface area contributed by atoms with Gasteiger partial charge in [0.1, 0.15) is 11.5 Å². The average molecular weight is 298 g/mol. The van der Waals surface area contributed by atoms with Crippen molar-refractivity contribution in [2.24, 2.45) is 5.73 Å². The fraction of sp³-hybridized carbons (Fsp3) is 0.417. The van der Waals surface area contributed by atoms with Crippen molar-refractivity contribution in [3.8, 4) is 0 Å². The molecular formula is C12H16BrN3O. The summed E-state index contributed by atoms with van der Waals surface area (Å²) in [7, 11) is 0. The van der Waals surface area contributed by atoms with Crippen LogP contribution in [0, 0.1) is 13.8 Å². The van der Waals surface area contributed by atoms with Crippen LogP contribution in [0.3, 0.4) is 0 Å². The quantitative estimate of drug-likeness (QED) is 0.948. The van der Waals surface area contributed by atoms with E-state index in [1.54, 1.807) is 6.20 Å². The van der Waals surface area contributed by atoms with E-state index in [1.807, 2.05) is 31.5 Å². The molecule has 0 aliphatic carbocycles. The molecule has 0 saturated carbocycles. The number of aryl methyl sites for hydroxylation is 3. The number of halogens is 1. The van der Waals surface area contributed by atoms with Gasteiger partial charge in [-0.2, -0.15) is 5.10 Å². The molecule has 0 aliphatic heterocycles. The van der Waals surface area contributed by atoms with Crippen LogP contribution in [0.2, 0.25) is 0 Å². The van der Waals surface area contributed by atoms with Crippen LogP contribution in [0.25, 0.3) is 0 Å². The van der Waals surface area contributed by atoms with E-state index in [0.717, 1.165) is 33.8 Å². The first-order valence-electron chi connectivity index (χ1n) is 5.58. The Morgan fingerprint density at radius 1 is 1.53 bits per heavy atom. The first kappa shape index (κ1) is 12.4. The monoisotopic (exact) mass is 297 g/mol. The molecule has 4 nitrogen and oxygen atoms in total. The molecule has 2 heterocycles. The smallest absolute Gasteiger partial charge is 0.106 e. The summed E-state index contributed by atoms with van der Waals surface area (Å²) < 4.78 is 8.36. The molecule has 0 aliphatic rings. The number of furan rings is 1. The van der Waals surface area contributed by atoms with Crippen molar-refractivity contribution in [3.63, 3.8) is 0 Å². The van der Waals surface area contributed by atoms with Crippen molar-refractivity contribution < 1.29 is 4.42 Å². The SMILES string of the molecule is CCn1ncc(Br)c1C(N)c1cc(C)oc1C. The minimum Gasteiger partial charge on any atom is -0.466 e. The molecule has 17 heavy (non-hydrogen) atoms. The predicted octanol–water partition coefficient (Wildman–Crippen LogP) is 2.92. The van der Waals surface area contributed by atoms with E-state index in [1.165, 1.54) is 0 Å². The molecule has 1 unspecified atom stereocenters. The lowest BCUT2D eigenvalue weighted by molar-refractivity contribution is 0.497. The Bertz CT molecular complexity index is 530. The molecule has 1 atom stereocenters. The maximum Gasteiger partial charge on any atom is 0.106 e. The van der Waals surface area contributed by atoms with E-state index in [4.69, 9.17) is 10.2 Å². The summed E-state index contributed by atoms with van der Waals surface area (Å²) in [6.07, 6.45) is 1.78. The molecule has 2 rings (SSSR count). The largest absolute Gasteiger partial charge is 0.466 e. The van der Waals surface area contributed by atoms with E-state index in [9.17, 15) is 0 Å². The van der Waals surface area contributed by atoms with Crippen molar-refractivity contribution in [3.05, 3.63) is 39.5 Å². The van der Waals surface area contributed by atoms with Gasteiger partial charge in [0.15, 0.2) is 0 Å². The number of nitrogens with zero attached hydrogens (tertiary/aromatic N) is 2. The second-order valence-corrected chi connectivity index (χ2v) is 4.89. The molecule has 0 bridgehead atoms. The molecule has 2 N–H and O–H groups in total. The Labute approximate surface area is 109 Å². The average Bonchev–Trinajstić information content (AvgIpc) is 2.80. The topological polar surface area (TPSA) is 57.0 Å². The van der Waals surface area contributed by atoms with Gasteiger partial charge < -0.3 is 10.2 Å².